The van der Waals surface area contributed by atoms with E-state index in [1.165, 1.54) is 0 Å². The first-order valence-corrected chi connectivity index (χ1v) is 8.85. The van der Waals surface area contributed by atoms with Crippen LogP contribution in [0, 0.1) is 0 Å². The Morgan fingerprint density at radius 3 is 2.35 bits per heavy atom. The highest BCUT2D eigenvalue weighted by Gasteiger charge is 2.22. The molecule has 0 aromatic heterocycles. The van der Waals surface area contributed by atoms with Crippen LogP contribution in [0.5, 0.6) is 17.2 Å². The largest absolute Gasteiger partial charge is 0.493 e. The summed E-state index contributed by atoms with van der Waals surface area (Å²) in [6.07, 6.45) is 4.39. The van der Waals surface area contributed by atoms with E-state index in [9.17, 15) is 9.59 Å². The summed E-state index contributed by atoms with van der Waals surface area (Å²) < 4.78 is 16.2. The molecule has 0 N–H and O–H groups in total. The zero-order valence-corrected chi connectivity index (χ0v) is 16.0. The highest BCUT2D eigenvalue weighted by atomic mass is 16.5. The summed E-state index contributed by atoms with van der Waals surface area (Å²) in [6.45, 7) is 5.77. The van der Waals surface area contributed by atoms with Crippen molar-refractivity contribution in [2.24, 2.45) is 0 Å². The Kier molecular flexibility index (Phi) is 6.61. The van der Waals surface area contributed by atoms with Gasteiger partial charge in [0.2, 0.25) is 5.43 Å². The average Bonchev–Trinajstić information content (AvgIpc) is 2.65. The summed E-state index contributed by atoms with van der Waals surface area (Å²) in [5.74, 6) is 1.43. The van der Waals surface area contributed by atoms with Crippen molar-refractivity contribution in [2.45, 2.75) is 46.1 Å². The molecule has 2 rings (SSSR count). The van der Waals surface area contributed by atoms with Crippen molar-refractivity contribution < 1.29 is 14.2 Å². The summed E-state index contributed by atoms with van der Waals surface area (Å²) in [4.78, 5) is 23.9. The molecule has 2 aromatic rings. The van der Waals surface area contributed by atoms with Crippen LogP contribution in [0.2, 0.25) is 0 Å². The maximum Gasteiger partial charge on any atom is 0.268 e. The fourth-order valence-corrected chi connectivity index (χ4v) is 2.75. The maximum absolute atomic E-state index is 12.0. The van der Waals surface area contributed by atoms with Crippen molar-refractivity contribution in [2.75, 3.05) is 14.2 Å². The van der Waals surface area contributed by atoms with Crippen molar-refractivity contribution >= 4 is 11.6 Å². The molecule has 0 aliphatic heterocycles. The molecule has 0 fully saturated rings. The predicted molar refractivity (Wildman–Crippen MR) is 104 cm³/mol. The third-order valence-electron chi connectivity index (χ3n) is 4.13. The highest BCUT2D eigenvalue weighted by molar-refractivity contribution is 5.84. The highest BCUT2D eigenvalue weighted by Crippen LogP contribution is 2.33. The van der Waals surface area contributed by atoms with Crippen molar-refractivity contribution in [1.82, 2.24) is 0 Å². The van der Waals surface area contributed by atoms with Gasteiger partial charge in [0.25, 0.3) is 5.43 Å². The third kappa shape index (κ3) is 4.15. The van der Waals surface area contributed by atoms with Crippen molar-refractivity contribution in [3.8, 4) is 17.2 Å². The molecule has 0 aliphatic carbocycles. The van der Waals surface area contributed by atoms with Gasteiger partial charge in [-0.1, -0.05) is 19.4 Å². The Morgan fingerprint density at radius 2 is 1.77 bits per heavy atom. The van der Waals surface area contributed by atoms with Crippen LogP contribution in [0.25, 0.3) is 11.6 Å². The second kappa shape index (κ2) is 8.70. The number of hydrogen-bond acceptors (Lipinski definition) is 5. The van der Waals surface area contributed by atoms with Crippen LogP contribution in [0.1, 0.15) is 51.2 Å². The third-order valence-corrected chi connectivity index (χ3v) is 4.13. The summed E-state index contributed by atoms with van der Waals surface area (Å²) in [5.41, 5.74) is 1.21. The number of hydrogen-bond donors (Lipinski definition) is 0. The van der Waals surface area contributed by atoms with Gasteiger partial charge in [0.1, 0.15) is 0 Å². The number of ether oxygens (including phenoxy) is 3. The molecular weight excluding hydrogens is 332 g/mol. The Bertz CT molecular complexity index is 854. The Balaban J connectivity index is 2.49. The van der Waals surface area contributed by atoms with E-state index in [0.29, 0.717) is 17.1 Å². The minimum atomic E-state index is -0.549. The Hall–Kier alpha value is -2.56. The molecule has 0 bridgehead atoms. The predicted octanol–water partition coefficient (Wildman–Crippen LogP) is 3.82. The van der Waals surface area contributed by atoms with Gasteiger partial charge in [-0.3, -0.25) is 9.59 Å². The number of allylic oxidation sites excluding steroid dienone is 1. The molecule has 0 amide bonds. The molecule has 0 aliphatic rings. The first-order valence-electron chi connectivity index (χ1n) is 8.85. The summed E-state index contributed by atoms with van der Waals surface area (Å²) in [6, 6.07) is 5.65. The molecule has 5 heteroatoms. The van der Waals surface area contributed by atoms with Gasteiger partial charge in [-0.25, -0.2) is 0 Å². The van der Waals surface area contributed by atoms with Crippen LogP contribution < -0.4 is 25.1 Å². The zero-order chi connectivity index (χ0) is 19.3. The molecule has 0 spiro atoms. The van der Waals surface area contributed by atoms with E-state index < -0.39 is 10.9 Å². The summed E-state index contributed by atoms with van der Waals surface area (Å²) in [5, 5.41) is 0. The summed E-state index contributed by atoms with van der Waals surface area (Å²) >= 11 is 0. The van der Waals surface area contributed by atoms with Gasteiger partial charge in [-0.05, 0) is 56.0 Å². The lowest BCUT2D eigenvalue weighted by molar-refractivity contribution is 0.236. The van der Waals surface area contributed by atoms with E-state index in [1.54, 1.807) is 20.3 Å². The second-order valence-electron chi connectivity index (χ2n) is 6.41. The second-order valence-corrected chi connectivity index (χ2v) is 6.41. The first kappa shape index (κ1) is 19.8. The first-order chi connectivity index (χ1) is 12.4. The van der Waals surface area contributed by atoms with Crippen molar-refractivity contribution in [1.29, 1.82) is 0 Å². The molecule has 0 saturated carbocycles. The molecule has 0 heterocycles. The molecule has 5 nitrogen and oxygen atoms in total. The van der Waals surface area contributed by atoms with Crippen LogP contribution in [-0.2, 0) is 0 Å². The van der Waals surface area contributed by atoms with Crippen LogP contribution >= 0.6 is 0 Å². The van der Waals surface area contributed by atoms with E-state index in [-0.39, 0.29) is 11.9 Å². The number of benzene rings is 1. The van der Waals surface area contributed by atoms with Crippen LogP contribution in [-0.4, -0.2) is 20.3 Å². The van der Waals surface area contributed by atoms with Crippen molar-refractivity contribution in [3.63, 3.8) is 0 Å². The minimum absolute atomic E-state index is 0.161. The van der Waals surface area contributed by atoms with E-state index in [1.807, 2.05) is 32.0 Å². The lowest BCUT2D eigenvalue weighted by atomic mass is 9.95. The van der Waals surface area contributed by atoms with Gasteiger partial charge >= 0.3 is 0 Å². The van der Waals surface area contributed by atoms with Crippen LogP contribution in [0.3, 0.4) is 0 Å². The molecule has 0 atom stereocenters. The number of rotatable bonds is 9. The fourth-order valence-electron chi connectivity index (χ4n) is 2.75. The van der Waals surface area contributed by atoms with Gasteiger partial charge in [-0.2, -0.15) is 0 Å². The Morgan fingerprint density at radius 1 is 1.08 bits per heavy atom. The molecular formula is C21H26O5. The van der Waals surface area contributed by atoms with Gasteiger partial charge in [-0.15, -0.1) is 0 Å². The van der Waals surface area contributed by atoms with E-state index in [2.05, 4.69) is 6.92 Å². The standard InChI is InChI=1S/C21H26O5/c1-6-7-8-14(15-9-10-17(24-4)18(12-15)25-5)11-16-19(22)20(23)21(16)26-13(2)3/h9-13H,6-8H2,1-5H3/b14-11-. The molecule has 0 saturated heterocycles. The SMILES string of the molecule is CCCC/C(=C/c1c(OC(C)C)c(=O)c1=O)c1ccc(OC)c(OC)c1. The topological polar surface area (TPSA) is 61.8 Å². The Labute approximate surface area is 153 Å². The van der Waals surface area contributed by atoms with Gasteiger partial charge in [0.15, 0.2) is 17.2 Å². The zero-order valence-electron chi connectivity index (χ0n) is 16.0. The van der Waals surface area contributed by atoms with E-state index in [4.69, 9.17) is 14.2 Å². The maximum atomic E-state index is 12.0. The minimum Gasteiger partial charge on any atom is -0.493 e. The molecule has 140 valence electrons. The molecule has 0 unspecified atom stereocenters. The molecule has 0 radical (unpaired) electrons. The lowest BCUT2D eigenvalue weighted by Gasteiger charge is -2.15. The molecule has 26 heavy (non-hydrogen) atoms. The van der Waals surface area contributed by atoms with Crippen molar-refractivity contribution in [3.05, 3.63) is 49.8 Å². The van der Waals surface area contributed by atoms with Gasteiger partial charge in [0.05, 0.1) is 25.9 Å². The van der Waals surface area contributed by atoms with Gasteiger partial charge < -0.3 is 14.2 Å². The lowest BCUT2D eigenvalue weighted by Crippen LogP contribution is -2.36. The monoisotopic (exact) mass is 358 g/mol. The van der Waals surface area contributed by atoms with Crippen LogP contribution in [0.15, 0.2) is 27.8 Å². The summed E-state index contributed by atoms with van der Waals surface area (Å²) in [7, 11) is 3.17. The number of unbranched alkanes of at least 4 members (excludes halogenated alkanes) is 1. The normalized spacial score (nSPS) is 11.8. The van der Waals surface area contributed by atoms with E-state index >= 15 is 0 Å². The number of methoxy groups -OCH3 is 2. The quantitative estimate of drug-likeness (QED) is 0.638. The molecule has 2 aromatic carbocycles. The van der Waals surface area contributed by atoms with E-state index in [0.717, 1.165) is 30.4 Å². The fraction of sp³-hybridized carbons (Fsp3) is 0.429. The average molecular weight is 358 g/mol. The smallest absolute Gasteiger partial charge is 0.268 e. The van der Waals surface area contributed by atoms with Gasteiger partial charge in [0, 0.05) is 0 Å². The van der Waals surface area contributed by atoms with Crippen LogP contribution in [0.4, 0.5) is 0 Å².